The van der Waals surface area contributed by atoms with E-state index in [9.17, 15) is 0 Å². The second-order valence-electron chi connectivity index (χ2n) is 3.91. The molecule has 98 valence electrons. The number of nitrogens with zero attached hydrogens (tertiary/aromatic N) is 2. The Hall–Kier alpha value is -1.04. The average Bonchev–Trinajstić information content (AvgIpc) is 2.74. The van der Waals surface area contributed by atoms with Gasteiger partial charge in [0.1, 0.15) is 10.7 Å². The minimum absolute atomic E-state index is 0.749. The van der Waals surface area contributed by atoms with Gasteiger partial charge >= 0.3 is 0 Å². The average molecular weight is 265 g/mol. The second-order valence-corrected chi connectivity index (χ2v) is 5.00. The summed E-state index contributed by atoms with van der Waals surface area (Å²) in [6, 6.07) is 6.09. The quantitative estimate of drug-likeness (QED) is 0.615. The molecule has 0 bridgehead atoms. The zero-order valence-corrected chi connectivity index (χ0v) is 11.7. The first-order valence-electron chi connectivity index (χ1n) is 6.15. The van der Waals surface area contributed by atoms with Crippen LogP contribution in [0.1, 0.15) is 12.6 Å². The van der Waals surface area contributed by atoms with Gasteiger partial charge < -0.3 is 14.5 Å². The zero-order valence-electron chi connectivity index (χ0n) is 10.8. The Balaban J connectivity index is 2.25. The number of methoxy groups -OCH3 is 1. The van der Waals surface area contributed by atoms with Crippen LogP contribution in [0.2, 0.25) is 0 Å². The number of pyridine rings is 1. The Morgan fingerprint density at radius 2 is 2.33 bits per heavy atom. The number of imidazole rings is 1. The third kappa shape index (κ3) is 3.04. The number of thioether (sulfide) groups is 1. The lowest BCUT2D eigenvalue weighted by Crippen LogP contribution is -2.14. The number of nitrogens with one attached hydrogen (secondary N) is 1. The lowest BCUT2D eigenvalue weighted by molar-refractivity contribution is 0.218. The first-order chi connectivity index (χ1) is 8.86. The van der Waals surface area contributed by atoms with Gasteiger partial charge in [-0.1, -0.05) is 13.0 Å². The molecule has 18 heavy (non-hydrogen) atoms. The summed E-state index contributed by atoms with van der Waals surface area (Å²) in [5, 5.41) is 4.46. The van der Waals surface area contributed by atoms with Crippen molar-refractivity contribution in [1.82, 2.24) is 14.7 Å². The van der Waals surface area contributed by atoms with Crippen molar-refractivity contribution in [3.8, 4) is 0 Å². The maximum atomic E-state index is 5.09. The smallest absolute Gasteiger partial charge is 0.138 e. The van der Waals surface area contributed by atoms with E-state index in [1.54, 1.807) is 18.9 Å². The molecule has 0 aliphatic rings. The number of aromatic nitrogens is 2. The van der Waals surface area contributed by atoms with E-state index in [-0.39, 0.29) is 0 Å². The molecule has 0 atom stereocenters. The SMILES string of the molecule is CCNCc1c(SCCOC)nc2ccccn12. The van der Waals surface area contributed by atoms with Crippen LogP contribution in [0.5, 0.6) is 0 Å². The van der Waals surface area contributed by atoms with Gasteiger partial charge in [0.05, 0.1) is 12.3 Å². The Labute approximate surface area is 112 Å². The predicted molar refractivity (Wildman–Crippen MR) is 75.2 cm³/mol. The van der Waals surface area contributed by atoms with Crippen LogP contribution >= 0.6 is 11.8 Å². The first-order valence-corrected chi connectivity index (χ1v) is 7.13. The van der Waals surface area contributed by atoms with E-state index in [0.717, 1.165) is 36.1 Å². The van der Waals surface area contributed by atoms with E-state index >= 15 is 0 Å². The van der Waals surface area contributed by atoms with Gasteiger partial charge in [0.15, 0.2) is 0 Å². The molecule has 0 saturated heterocycles. The number of hydrogen-bond acceptors (Lipinski definition) is 4. The zero-order chi connectivity index (χ0) is 12.8. The molecule has 5 heteroatoms. The molecule has 0 aromatic carbocycles. The van der Waals surface area contributed by atoms with Crippen LogP contribution in [0, 0.1) is 0 Å². The Morgan fingerprint density at radius 3 is 3.11 bits per heavy atom. The fourth-order valence-electron chi connectivity index (χ4n) is 1.77. The molecule has 0 spiro atoms. The van der Waals surface area contributed by atoms with Crippen LogP contribution in [0.15, 0.2) is 29.4 Å². The fourth-order valence-corrected chi connectivity index (χ4v) is 2.71. The van der Waals surface area contributed by atoms with Gasteiger partial charge in [-0.3, -0.25) is 0 Å². The van der Waals surface area contributed by atoms with Crippen LogP contribution in [-0.4, -0.2) is 35.4 Å². The van der Waals surface area contributed by atoms with Crippen molar-refractivity contribution >= 4 is 17.4 Å². The maximum absolute atomic E-state index is 5.09. The van der Waals surface area contributed by atoms with Crippen LogP contribution in [-0.2, 0) is 11.3 Å². The van der Waals surface area contributed by atoms with Crippen molar-refractivity contribution in [1.29, 1.82) is 0 Å². The molecule has 4 nitrogen and oxygen atoms in total. The van der Waals surface area contributed by atoms with Crippen LogP contribution in [0.4, 0.5) is 0 Å². The summed E-state index contributed by atoms with van der Waals surface area (Å²) in [5.74, 6) is 0.930. The predicted octanol–water partition coefficient (Wildman–Crippen LogP) is 2.18. The van der Waals surface area contributed by atoms with Gasteiger partial charge in [-0.15, -0.1) is 11.8 Å². The van der Waals surface area contributed by atoms with E-state index < -0.39 is 0 Å². The van der Waals surface area contributed by atoms with Gasteiger partial charge in [0.2, 0.25) is 0 Å². The number of hydrogen-bond donors (Lipinski definition) is 1. The van der Waals surface area contributed by atoms with Crippen molar-refractivity contribution in [2.75, 3.05) is 26.0 Å². The molecule has 0 aliphatic heterocycles. The summed E-state index contributed by atoms with van der Waals surface area (Å²) >= 11 is 1.75. The molecule has 1 N–H and O–H groups in total. The Bertz CT molecular complexity index is 498. The first kappa shape index (κ1) is 13.4. The van der Waals surface area contributed by atoms with Gasteiger partial charge in [-0.25, -0.2) is 4.98 Å². The highest BCUT2D eigenvalue weighted by Crippen LogP contribution is 2.23. The maximum Gasteiger partial charge on any atom is 0.138 e. The molecule has 0 radical (unpaired) electrons. The normalized spacial score (nSPS) is 11.2. The molecule has 0 unspecified atom stereocenters. The molecule has 0 amide bonds. The second kappa shape index (κ2) is 6.78. The summed E-state index contributed by atoms with van der Waals surface area (Å²) in [7, 11) is 1.73. The highest BCUT2D eigenvalue weighted by molar-refractivity contribution is 7.99. The summed E-state index contributed by atoms with van der Waals surface area (Å²) in [4.78, 5) is 4.67. The highest BCUT2D eigenvalue weighted by Gasteiger charge is 2.11. The van der Waals surface area contributed by atoms with Crippen molar-refractivity contribution in [2.45, 2.75) is 18.5 Å². The molecular formula is C13H19N3OS. The Morgan fingerprint density at radius 1 is 1.44 bits per heavy atom. The van der Waals surface area contributed by atoms with E-state index in [1.165, 1.54) is 5.69 Å². The Kier molecular flexibility index (Phi) is 5.04. The van der Waals surface area contributed by atoms with Crippen molar-refractivity contribution in [2.24, 2.45) is 0 Å². The molecule has 0 saturated carbocycles. The van der Waals surface area contributed by atoms with Crippen LogP contribution in [0.3, 0.4) is 0 Å². The van der Waals surface area contributed by atoms with E-state index in [1.807, 2.05) is 18.2 Å². The summed E-state index contributed by atoms with van der Waals surface area (Å²) in [5.41, 5.74) is 2.24. The highest BCUT2D eigenvalue weighted by atomic mass is 32.2. The van der Waals surface area contributed by atoms with E-state index in [0.29, 0.717) is 0 Å². The fraction of sp³-hybridized carbons (Fsp3) is 0.462. The lowest BCUT2D eigenvalue weighted by Gasteiger charge is -2.05. The molecule has 2 aromatic rings. The van der Waals surface area contributed by atoms with Crippen molar-refractivity contribution in [3.05, 3.63) is 30.1 Å². The van der Waals surface area contributed by atoms with Crippen molar-refractivity contribution in [3.63, 3.8) is 0 Å². The topological polar surface area (TPSA) is 38.6 Å². The molecule has 2 rings (SSSR count). The monoisotopic (exact) mass is 265 g/mol. The number of ether oxygens (including phenoxy) is 1. The largest absolute Gasteiger partial charge is 0.384 e. The molecule has 2 aromatic heterocycles. The molecule has 0 fully saturated rings. The number of fused-ring (bicyclic) bond motifs is 1. The van der Waals surface area contributed by atoms with Crippen molar-refractivity contribution < 1.29 is 4.74 Å². The molecule has 0 aliphatic carbocycles. The lowest BCUT2D eigenvalue weighted by atomic mass is 10.4. The molecule has 2 heterocycles. The summed E-state index contributed by atoms with van der Waals surface area (Å²) < 4.78 is 7.24. The van der Waals surface area contributed by atoms with Gasteiger partial charge in [0.25, 0.3) is 0 Å². The van der Waals surface area contributed by atoms with Gasteiger partial charge in [-0.05, 0) is 18.7 Å². The standard InChI is InChI=1S/C13H19N3OS/c1-3-14-10-11-13(18-9-8-17-2)15-12-6-4-5-7-16(11)12/h4-7,14H,3,8-10H2,1-2H3. The minimum atomic E-state index is 0.749. The minimum Gasteiger partial charge on any atom is -0.384 e. The van der Waals surface area contributed by atoms with Crippen LogP contribution < -0.4 is 5.32 Å². The summed E-state index contributed by atoms with van der Waals surface area (Å²) in [6.07, 6.45) is 2.06. The summed E-state index contributed by atoms with van der Waals surface area (Å²) in [6.45, 7) is 4.67. The van der Waals surface area contributed by atoms with Gasteiger partial charge in [-0.2, -0.15) is 0 Å². The van der Waals surface area contributed by atoms with Crippen LogP contribution in [0.25, 0.3) is 5.65 Å². The van der Waals surface area contributed by atoms with E-state index in [4.69, 9.17) is 4.74 Å². The third-order valence-electron chi connectivity index (χ3n) is 2.66. The third-order valence-corrected chi connectivity index (χ3v) is 3.63. The van der Waals surface area contributed by atoms with E-state index in [2.05, 4.69) is 27.8 Å². The number of rotatable bonds is 7. The van der Waals surface area contributed by atoms with Gasteiger partial charge in [0, 0.05) is 25.6 Å². The molecular weight excluding hydrogens is 246 g/mol.